The van der Waals surface area contributed by atoms with E-state index in [2.05, 4.69) is 19.9 Å². The van der Waals surface area contributed by atoms with Crippen molar-refractivity contribution in [2.45, 2.75) is 20.3 Å². The zero-order chi connectivity index (χ0) is 15.1. The Morgan fingerprint density at radius 1 is 1.05 bits per heavy atom. The van der Waals surface area contributed by atoms with Crippen LogP contribution in [-0.2, 0) is 6.42 Å². The van der Waals surface area contributed by atoms with Crippen molar-refractivity contribution >= 4 is 6.29 Å². The van der Waals surface area contributed by atoms with Gasteiger partial charge in [0.25, 0.3) is 0 Å². The third kappa shape index (κ3) is 4.35. The summed E-state index contributed by atoms with van der Waals surface area (Å²) in [4.78, 5) is 10.9. The molecule has 2 aromatic carbocycles. The van der Waals surface area contributed by atoms with E-state index < -0.39 is 0 Å². The van der Waals surface area contributed by atoms with Crippen LogP contribution >= 0.6 is 0 Å². The fourth-order valence-corrected chi connectivity index (χ4v) is 2.13. The first kappa shape index (κ1) is 15.1. The maximum atomic E-state index is 10.9. The van der Waals surface area contributed by atoms with Crippen LogP contribution in [0, 0.1) is 6.92 Å². The number of hydrogen-bond donors (Lipinski definition) is 0. The molecule has 2 aromatic rings. The number of ether oxygens (including phenoxy) is 2. The van der Waals surface area contributed by atoms with Crippen molar-refractivity contribution in [2.24, 2.45) is 0 Å². The predicted molar refractivity (Wildman–Crippen MR) is 83.4 cm³/mol. The number of aryl methyl sites for hydroxylation is 2. The first-order chi connectivity index (χ1) is 10.2. The number of hydrogen-bond acceptors (Lipinski definition) is 3. The normalized spacial score (nSPS) is 10.2. The summed E-state index contributed by atoms with van der Waals surface area (Å²) in [6.45, 7) is 5.03. The van der Waals surface area contributed by atoms with Gasteiger partial charge in [-0.2, -0.15) is 0 Å². The van der Waals surface area contributed by atoms with Crippen LogP contribution in [0.3, 0.4) is 0 Å². The minimum atomic E-state index is 0.403. The summed E-state index contributed by atoms with van der Waals surface area (Å²) in [7, 11) is 0. The van der Waals surface area contributed by atoms with Crippen molar-refractivity contribution in [2.75, 3.05) is 13.2 Å². The van der Waals surface area contributed by atoms with Crippen molar-refractivity contribution in [3.05, 3.63) is 59.2 Å². The minimum absolute atomic E-state index is 0.403. The van der Waals surface area contributed by atoms with Gasteiger partial charge in [0, 0.05) is 0 Å². The summed E-state index contributed by atoms with van der Waals surface area (Å²) in [5, 5.41) is 0. The monoisotopic (exact) mass is 284 g/mol. The van der Waals surface area contributed by atoms with E-state index in [9.17, 15) is 4.79 Å². The van der Waals surface area contributed by atoms with Gasteiger partial charge in [-0.15, -0.1) is 0 Å². The predicted octanol–water partition coefficient (Wildman–Crippen LogP) is 3.83. The second kappa shape index (κ2) is 7.48. The molecule has 0 atom stereocenters. The quantitative estimate of drug-likeness (QED) is 0.572. The van der Waals surface area contributed by atoms with Crippen molar-refractivity contribution < 1.29 is 14.3 Å². The lowest BCUT2D eigenvalue weighted by Gasteiger charge is -2.11. The Labute approximate surface area is 125 Å². The molecular weight excluding hydrogens is 264 g/mol. The summed E-state index contributed by atoms with van der Waals surface area (Å²) in [6, 6.07) is 13.4. The van der Waals surface area contributed by atoms with Gasteiger partial charge in [0.1, 0.15) is 24.7 Å². The van der Waals surface area contributed by atoms with Crippen LogP contribution < -0.4 is 9.47 Å². The van der Waals surface area contributed by atoms with Crippen LogP contribution in [0.1, 0.15) is 28.4 Å². The number of para-hydroxylation sites is 1. The third-order valence-corrected chi connectivity index (χ3v) is 3.17. The largest absolute Gasteiger partial charge is 0.490 e. The molecular formula is C18H20O3. The molecule has 0 bridgehead atoms. The summed E-state index contributed by atoms with van der Waals surface area (Å²) in [6.07, 6.45) is 1.78. The summed E-state index contributed by atoms with van der Waals surface area (Å²) >= 11 is 0. The van der Waals surface area contributed by atoms with Crippen LogP contribution in [0.4, 0.5) is 0 Å². The fourth-order valence-electron chi connectivity index (χ4n) is 2.13. The van der Waals surface area contributed by atoms with E-state index in [1.54, 1.807) is 12.1 Å². The number of benzene rings is 2. The molecule has 0 saturated heterocycles. The average molecular weight is 284 g/mol. The van der Waals surface area contributed by atoms with Crippen LogP contribution in [0.25, 0.3) is 0 Å². The number of rotatable bonds is 7. The van der Waals surface area contributed by atoms with Crippen molar-refractivity contribution in [1.29, 1.82) is 0 Å². The van der Waals surface area contributed by atoms with E-state index in [1.807, 2.05) is 24.3 Å². The molecule has 0 unspecified atom stereocenters. The fraction of sp³-hybridized carbons (Fsp3) is 0.278. The highest BCUT2D eigenvalue weighted by Crippen LogP contribution is 2.18. The molecule has 0 N–H and O–H groups in total. The van der Waals surface area contributed by atoms with Crippen molar-refractivity contribution in [3.8, 4) is 11.5 Å². The highest BCUT2D eigenvalue weighted by Gasteiger charge is 2.02. The maximum Gasteiger partial charge on any atom is 0.153 e. The Balaban J connectivity index is 1.87. The highest BCUT2D eigenvalue weighted by atomic mass is 16.5. The molecule has 110 valence electrons. The smallest absolute Gasteiger partial charge is 0.153 e. The minimum Gasteiger partial charge on any atom is -0.490 e. The molecule has 0 amide bonds. The molecule has 3 nitrogen and oxygen atoms in total. The molecule has 0 aliphatic heterocycles. The molecule has 3 heteroatoms. The van der Waals surface area contributed by atoms with Crippen molar-refractivity contribution in [1.82, 2.24) is 0 Å². The maximum absolute atomic E-state index is 10.9. The summed E-state index contributed by atoms with van der Waals surface area (Å²) in [5.74, 6) is 1.45. The van der Waals surface area contributed by atoms with Gasteiger partial charge in [-0.1, -0.05) is 25.1 Å². The van der Waals surface area contributed by atoms with Gasteiger partial charge in [-0.25, -0.2) is 0 Å². The van der Waals surface area contributed by atoms with E-state index in [0.29, 0.717) is 24.5 Å². The van der Waals surface area contributed by atoms with E-state index in [-0.39, 0.29) is 0 Å². The van der Waals surface area contributed by atoms with E-state index in [0.717, 1.165) is 18.5 Å². The molecule has 0 aliphatic carbocycles. The van der Waals surface area contributed by atoms with Gasteiger partial charge in [-0.05, 0) is 48.7 Å². The summed E-state index contributed by atoms with van der Waals surface area (Å²) < 4.78 is 11.3. The highest BCUT2D eigenvalue weighted by molar-refractivity contribution is 5.79. The molecule has 0 heterocycles. The van der Waals surface area contributed by atoms with Crippen LogP contribution in [0.2, 0.25) is 0 Å². The molecule has 0 spiro atoms. The van der Waals surface area contributed by atoms with Crippen LogP contribution in [0.15, 0.2) is 42.5 Å². The topological polar surface area (TPSA) is 35.5 Å². The lowest BCUT2D eigenvalue weighted by atomic mass is 10.1. The Morgan fingerprint density at radius 2 is 1.81 bits per heavy atom. The second-order valence-electron chi connectivity index (χ2n) is 4.86. The van der Waals surface area contributed by atoms with Crippen molar-refractivity contribution in [3.63, 3.8) is 0 Å². The summed E-state index contributed by atoms with van der Waals surface area (Å²) in [5.41, 5.74) is 3.01. The molecule has 2 rings (SSSR count). The van der Waals surface area contributed by atoms with E-state index in [4.69, 9.17) is 9.47 Å². The Kier molecular flexibility index (Phi) is 5.38. The molecule has 0 aliphatic rings. The standard InChI is InChI=1S/C18H20O3/c1-3-15-10-14(2)11-17(12-15)20-8-9-21-18-7-5-4-6-16(18)13-19/h4-7,10-13H,3,8-9H2,1-2H3. The first-order valence-electron chi connectivity index (χ1n) is 7.13. The van der Waals surface area contributed by atoms with Gasteiger partial charge >= 0.3 is 0 Å². The van der Waals surface area contributed by atoms with Gasteiger partial charge < -0.3 is 9.47 Å². The Bertz CT molecular complexity index is 605. The average Bonchev–Trinajstić information content (AvgIpc) is 2.51. The Morgan fingerprint density at radius 3 is 2.57 bits per heavy atom. The molecule has 0 fully saturated rings. The molecule has 0 aromatic heterocycles. The number of carbonyl (C=O) groups excluding carboxylic acids is 1. The lowest BCUT2D eigenvalue weighted by Crippen LogP contribution is -2.10. The zero-order valence-corrected chi connectivity index (χ0v) is 12.5. The number of carbonyl (C=O) groups is 1. The Hall–Kier alpha value is -2.29. The second-order valence-corrected chi connectivity index (χ2v) is 4.86. The van der Waals surface area contributed by atoms with Gasteiger partial charge in [0.05, 0.1) is 5.56 Å². The molecule has 0 radical (unpaired) electrons. The van der Waals surface area contributed by atoms with Gasteiger partial charge in [0.15, 0.2) is 6.29 Å². The first-order valence-corrected chi connectivity index (χ1v) is 7.13. The third-order valence-electron chi connectivity index (χ3n) is 3.17. The zero-order valence-electron chi connectivity index (χ0n) is 12.5. The molecule has 0 saturated carbocycles. The van der Waals surface area contributed by atoms with Gasteiger partial charge in [0.2, 0.25) is 0 Å². The lowest BCUT2D eigenvalue weighted by molar-refractivity contribution is 0.111. The number of aldehydes is 1. The van der Waals surface area contributed by atoms with Gasteiger partial charge in [-0.3, -0.25) is 4.79 Å². The molecule has 21 heavy (non-hydrogen) atoms. The van der Waals surface area contributed by atoms with Crippen LogP contribution in [-0.4, -0.2) is 19.5 Å². The van der Waals surface area contributed by atoms with Crippen LogP contribution in [0.5, 0.6) is 11.5 Å². The van der Waals surface area contributed by atoms with E-state index >= 15 is 0 Å². The van der Waals surface area contributed by atoms with E-state index in [1.165, 1.54) is 11.1 Å². The SMILES string of the molecule is CCc1cc(C)cc(OCCOc2ccccc2C=O)c1.